The average molecular weight is 302 g/mol. The lowest BCUT2D eigenvalue weighted by atomic mass is 9.87. The second-order valence-corrected chi connectivity index (χ2v) is 5.83. The maximum Gasteiger partial charge on any atom is 0.123 e. The standard InChI is InChI=1S/C13H17BrFNO/c1-16-6-2-5-13(17,9-16)8-10-7-11(15)3-4-12(10)14/h3-4,7,17H,2,5-6,8-9H2,1H3. The van der Waals surface area contributed by atoms with Crippen molar-refractivity contribution in [3.63, 3.8) is 0 Å². The van der Waals surface area contributed by atoms with Crippen LogP contribution in [0.1, 0.15) is 18.4 Å². The molecule has 4 heteroatoms. The lowest BCUT2D eigenvalue weighted by Crippen LogP contribution is -2.47. The summed E-state index contributed by atoms with van der Waals surface area (Å²) in [5, 5.41) is 10.5. The summed E-state index contributed by atoms with van der Waals surface area (Å²) in [6.45, 7) is 1.67. The molecule has 1 aromatic rings. The number of nitrogens with zero attached hydrogens (tertiary/aromatic N) is 1. The van der Waals surface area contributed by atoms with Crippen molar-refractivity contribution in [2.75, 3.05) is 20.1 Å². The molecule has 0 radical (unpaired) electrons. The summed E-state index contributed by atoms with van der Waals surface area (Å²) in [6, 6.07) is 4.61. The van der Waals surface area contributed by atoms with E-state index in [9.17, 15) is 9.50 Å². The topological polar surface area (TPSA) is 23.5 Å². The van der Waals surface area contributed by atoms with E-state index in [1.807, 2.05) is 7.05 Å². The molecule has 0 spiro atoms. The van der Waals surface area contributed by atoms with Gasteiger partial charge in [0, 0.05) is 17.4 Å². The summed E-state index contributed by atoms with van der Waals surface area (Å²) < 4.78 is 14.1. The molecule has 1 saturated heterocycles. The molecule has 0 aliphatic carbocycles. The SMILES string of the molecule is CN1CCCC(O)(Cc2cc(F)ccc2Br)C1. The van der Waals surface area contributed by atoms with Gasteiger partial charge in [-0.3, -0.25) is 0 Å². The lowest BCUT2D eigenvalue weighted by Gasteiger charge is -2.37. The molecule has 0 aromatic heterocycles. The maximum absolute atomic E-state index is 13.2. The first kappa shape index (κ1) is 13.0. The van der Waals surface area contributed by atoms with Gasteiger partial charge in [-0.05, 0) is 50.2 Å². The zero-order valence-corrected chi connectivity index (χ0v) is 11.5. The third-order valence-electron chi connectivity index (χ3n) is 3.27. The van der Waals surface area contributed by atoms with E-state index in [4.69, 9.17) is 0 Å². The maximum atomic E-state index is 13.2. The molecule has 1 aliphatic heterocycles. The van der Waals surface area contributed by atoms with Crippen LogP contribution in [0.15, 0.2) is 22.7 Å². The van der Waals surface area contributed by atoms with Crippen LogP contribution in [0.25, 0.3) is 0 Å². The Morgan fingerprint density at radius 1 is 1.53 bits per heavy atom. The number of aliphatic hydroxyl groups is 1. The molecular weight excluding hydrogens is 285 g/mol. The Hall–Kier alpha value is -0.450. The van der Waals surface area contributed by atoms with Gasteiger partial charge in [0.25, 0.3) is 0 Å². The lowest BCUT2D eigenvalue weighted by molar-refractivity contribution is -0.0225. The van der Waals surface area contributed by atoms with Gasteiger partial charge in [-0.1, -0.05) is 15.9 Å². The molecule has 1 atom stereocenters. The highest BCUT2D eigenvalue weighted by Crippen LogP contribution is 2.28. The van der Waals surface area contributed by atoms with Gasteiger partial charge >= 0.3 is 0 Å². The molecule has 1 N–H and O–H groups in total. The number of halogens is 2. The minimum Gasteiger partial charge on any atom is -0.388 e. The van der Waals surface area contributed by atoms with Gasteiger partial charge in [0.15, 0.2) is 0 Å². The van der Waals surface area contributed by atoms with Crippen LogP contribution in [0.2, 0.25) is 0 Å². The fraction of sp³-hybridized carbons (Fsp3) is 0.538. The van der Waals surface area contributed by atoms with Gasteiger partial charge in [0.05, 0.1) is 5.60 Å². The summed E-state index contributed by atoms with van der Waals surface area (Å²) in [6.07, 6.45) is 2.26. The van der Waals surface area contributed by atoms with Crippen molar-refractivity contribution in [1.82, 2.24) is 4.90 Å². The average Bonchev–Trinajstić information content (AvgIpc) is 2.22. The number of piperidine rings is 1. The Morgan fingerprint density at radius 3 is 3.00 bits per heavy atom. The molecule has 2 rings (SSSR count). The van der Waals surface area contributed by atoms with E-state index < -0.39 is 5.60 Å². The summed E-state index contributed by atoms with van der Waals surface area (Å²) >= 11 is 3.41. The van der Waals surface area contributed by atoms with Crippen molar-refractivity contribution in [2.45, 2.75) is 24.9 Å². The highest BCUT2D eigenvalue weighted by Gasteiger charge is 2.32. The van der Waals surface area contributed by atoms with Gasteiger partial charge in [0.2, 0.25) is 0 Å². The Morgan fingerprint density at radius 2 is 2.29 bits per heavy atom. The first-order valence-corrected chi connectivity index (χ1v) is 6.63. The molecule has 1 unspecified atom stereocenters. The Bertz CT molecular complexity index is 412. The van der Waals surface area contributed by atoms with E-state index in [1.54, 1.807) is 6.07 Å². The van der Waals surface area contributed by atoms with Crippen LogP contribution in [-0.2, 0) is 6.42 Å². The number of hydrogen-bond donors (Lipinski definition) is 1. The minimum absolute atomic E-state index is 0.254. The minimum atomic E-state index is -0.733. The van der Waals surface area contributed by atoms with Crippen LogP contribution in [0.4, 0.5) is 4.39 Å². The van der Waals surface area contributed by atoms with E-state index in [0.717, 1.165) is 29.4 Å². The predicted molar refractivity (Wildman–Crippen MR) is 69.5 cm³/mol. The molecule has 1 fully saturated rings. The Balaban J connectivity index is 2.16. The largest absolute Gasteiger partial charge is 0.388 e. The number of benzene rings is 1. The fourth-order valence-electron chi connectivity index (χ4n) is 2.52. The van der Waals surface area contributed by atoms with E-state index in [1.165, 1.54) is 12.1 Å². The third-order valence-corrected chi connectivity index (χ3v) is 4.05. The second kappa shape index (κ2) is 5.04. The Labute approximate surface area is 110 Å². The van der Waals surface area contributed by atoms with E-state index >= 15 is 0 Å². The smallest absolute Gasteiger partial charge is 0.123 e. The molecule has 2 nitrogen and oxygen atoms in total. The van der Waals surface area contributed by atoms with Crippen molar-refractivity contribution in [3.8, 4) is 0 Å². The first-order chi connectivity index (χ1) is 7.98. The molecular formula is C13H17BrFNO. The van der Waals surface area contributed by atoms with E-state index in [2.05, 4.69) is 20.8 Å². The quantitative estimate of drug-likeness (QED) is 0.908. The van der Waals surface area contributed by atoms with Crippen molar-refractivity contribution in [1.29, 1.82) is 0 Å². The summed E-state index contributed by atoms with van der Waals surface area (Å²) in [5.74, 6) is -0.254. The van der Waals surface area contributed by atoms with Crippen LogP contribution < -0.4 is 0 Å². The molecule has 94 valence electrons. The van der Waals surface area contributed by atoms with Crippen LogP contribution in [0.5, 0.6) is 0 Å². The van der Waals surface area contributed by atoms with Crippen LogP contribution in [-0.4, -0.2) is 35.7 Å². The highest BCUT2D eigenvalue weighted by molar-refractivity contribution is 9.10. The second-order valence-electron chi connectivity index (χ2n) is 4.98. The van der Waals surface area contributed by atoms with Crippen molar-refractivity contribution in [2.24, 2.45) is 0 Å². The molecule has 1 heterocycles. The van der Waals surface area contributed by atoms with Crippen LogP contribution in [0, 0.1) is 5.82 Å². The number of likely N-dealkylation sites (N-methyl/N-ethyl adjacent to an activating group) is 1. The normalized spacial score (nSPS) is 26.1. The van der Waals surface area contributed by atoms with Gasteiger partial charge < -0.3 is 10.0 Å². The number of rotatable bonds is 2. The first-order valence-electron chi connectivity index (χ1n) is 5.83. The zero-order chi connectivity index (χ0) is 12.5. The summed E-state index contributed by atoms with van der Waals surface area (Å²) in [7, 11) is 2.00. The van der Waals surface area contributed by atoms with E-state index in [0.29, 0.717) is 13.0 Å². The summed E-state index contributed by atoms with van der Waals surface area (Å²) in [5.41, 5.74) is 0.103. The van der Waals surface area contributed by atoms with Crippen LogP contribution in [0.3, 0.4) is 0 Å². The van der Waals surface area contributed by atoms with Gasteiger partial charge in [-0.25, -0.2) is 4.39 Å². The van der Waals surface area contributed by atoms with Crippen molar-refractivity contribution >= 4 is 15.9 Å². The monoisotopic (exact) mass is 301 g/mol. The zero-order valence-electron chi connectivity index (χ0n) is 9.92. The Kier molecular flexibility index (Phi) is 3.85. The highest BCUT2D eigenvalue weighted by atomic mass is 79.9. The van der Waals surface area contributed by atoms with E-state index in [-0.39, 0.29) is 5.82 Å². The van der Waals surface area contributed by atoms with Gasteiger partial charge in [-0.2, -0.15) is 0 Å². The molecule has 1 aromatic carbocycles. The fourth-order valence-corrected chi connectivity index (χ4v) is 2.90. The molecule has 1 aliphatic rings. The molecule has 0 amide bonds. The molecule has 17 heavy (non-hydrogen) atoms. The third kappa shape index (κ3) is 3.27. The van der Waals surface area contributed by atoms with Gasteiger partial charge in [0.1, 0.15) is 5.82 Å². The number of hydrogen-bond acceptors (Lipinski definition) is 2. The molecule has 0 saturated carbocycles. The predicted octanol–water partition coefficient (Wildman–Crippen LogP) is 2.59. The van der Waals surface area contributed by atoms with Crippen molar-refractivity contribution in [3.05, 3.63) is 34.1 Å². The number of β-amino-alcohol motifs (C(OH)–C–C–N with tert-alkyl or cyclic N) is 1. The van der Waals surface area contributed by atoms with Crippen molar-refractivity contribution < 1.29 is 9.50 Å². The molecule has 0 bridgehead atoms. The number of likely N-dealkylation sites (tertiary alicyclic amines) is 1. The van der Waals surface area contributed by atoms with Crippen LogP contribution >= 0.6 is 15.9 Å². The summed E-state index contributed by atoms with van der Waals surface area (Å²) in [4.78, 5) is 2.12. The van der Waals surface area contributed by atoms with Gasteiger partial charge in [-0.15, -0.1) is 0 Å².